The second-order valence-corrected chi connectivity index (χ2v) is 20.1. The van der Waals surface area contributed by atoms with Gasteiger partial charge < -0.3 is 25.7 Å². The van der Waals surface area contributed by atoms with Crippen molar-refractivity contribution in [1.29, 1.82) is 0 Å². The summed E-state index contributed by atoms with van der Waals surface area (Å²) in [5.74, 6) is -1.29. The zero-order valence-corrected chi connectivity index (χ0v) is 38.1. The van der Waals surface area contributed by atoms with Crippen LogP contribution >= 0.6 is 0 Å². The molecule has 0 heterocycles. The molecule has 6 rings (SSSR count). The van der Waals surface area contributed by atoms with E-state index in [1.807, 2.05) is 0 Å². The third-order valence-corrected chi connectivity index (χ3v) is 15.5. The Morgan fingerprint density at radius 1 is 0.903 bits per heavy atom. The summed E-state index contributed by atoms with van der Waals surface area (Å²) in [5, 5.41) is 0. The van der Waals surface area contributed by atoms with Gasteiger partial charge in [0.25, 0.3) is 0 Å². The molecule has 2 aromatic rings. The maximum absolute atomic E-state index is 15.2. The van der Waals surface area contributed by atoms with Crippen molar-refractivity contribution in [2.45, 2.75) is 144 Å². The topological polar surface area (TPSA) is 131 Å². The van der Waals surface area contributed by atoms with Crippen LogP contribution in [-0.2, 0) is 25.5 Å². The Kier molecular flexibility index (Phi) is 14.8. The van der Waals surface area contributed by atoms with Crippen LogP contribution in [0, 0.1) is 57.5 Å². The Morgan fingerprint density at radius 2 is 1.65 bits per heavy atom. The van der Waals surface area contributed by atoms with Crippen LogP contribution in [0.25, 0.3) is 0 Å². The van der Waals surface area contributed by atoms with Crippen LogP contribution in [0.4, 0.5) is 20.2 Å². The number of anilines is 2. The smallest absolute Gasteiger partial charge is 0.338 e. The van der Waals surface area contributed by atoms with E-state index in [2.05, 4.69) is 60.6 Å². The lowest BCUT2D eigenvalue weighted by atomic mass is 9.44. The minimum Gasteiger partial charge on any atom is -0.462 e. The number of hydrogen-bond donors (Lipinski definition) is 2. The Labute approximate surface area is 368 Å². The summed E-state index contributed by atoms with van der Waals surface area (Å²) in [5.41, 5.74) is 15.3. The summed E-state index contributed by atoms with van der Waals surface area (Å²) in [4.78, 5) is 37.9. The number of hydrogen-bond acceptors (Lipinski definition) is 8. The number of ether oxygens (including phenoxy) is 3. The van der Waals surface area contributed by atoms with Crippen LogP contribution in [0.5, 0.6) is 5.75 Å². The normalized spacial score (nSPS) is 27.9. The maximum atomic E-state index is 15.2. The van der Waals surface area contributed by atoms with Crippen LogP contribution in [0.2, 0.25) is 0 Å². The second kappa shape index (κ2) is 19.5. The molecule has 0 saturated heterocycles. The molecule has 4 aliphatic carbocycles. The fourth-order valence-corrected chi connectivity index (χ4v) is 12.5. The van der Waals surface area contributed by atoms with Crippen LogP contribution in [0.15, 0.2) is 65.8 Å². The molecular formula is C52H70F2N2O6. The first kappa shape index (κ1) is 47.0. The lowest BCUT2D eigenvalue weighted by molar-refractivity contribution is -0.159. The van der Waals surface area contributed by atoms with E-state index in [-0.39, 0.29) is 47.5 Å². The van der Waals surface area contributed by atoms with Gasteiger partial charge in [-0.05, 0) is 161 Å². The number of nitrogens with two attached hydrogens (primary N) is 2. The number of allylic oxidation sites excluding steroid dienone is 4. The quantitative estimate of drug-likeness (QED) is 0.0426. The molecule has 8 atom stereocenters. The van der Waals surface area contributed by atoms with Crippen LogP contribution in [0.3, 0.4) is 0 Å². The highest BCUT2D eigenvalue weighted by Crippen LogP contribution is 2.69. The highest BCUT2D eigenvalue weighted by Gasteiger charge is 2.61. The number of benzene rings is 2. The molecule has 0 aromatic heterocycles. The van der Waals surface area contributed by atoms with Gasteiger partial charge in [-0.2, -0.15) is 4.39 Å². The molecule has 8 nitrogen and oxygen atoms in total. The van der Waals surface area contributed by atoms with Crippen molar-refractivity contribution in [2.75, 3.05) is 18.1 Å². The number of rotatable bonds is 16. The Balaban J connectivity index is 0.973. The van der Waals surface area contributed by atoms with E-state index in [1.54, 1.807) is 0 Å². The third kappa shape index (κ3) is 10.2. The van der Waals surface area contributed by atoms with Crippen molar-refractivity contribution < 1.29 is 37.4 Å². The highest BCUT2D eigenvalue weighted by atomic mass is 19.2. The van der Waals surface area contributed by atoms with Gasteiger partial charge in [0.05, 0.1) is 12.2 Å². The van der Waals surface area contributed by atoms with Crippen molar-refractivity contribution in [3.05, 3.63) is 88.5 Å². The first-order valence-corrected chi connectivity index (χ1v) is 23.1. The molecule has 0 bridgehead atoms. The van der Waals surface area contributed by atoms with Crippen molar-refractivity contribution in [3.8, 4) is 5.75 Å². The maximum Gasteiger partial charge on any atom is 0.338 e. The molecule has 2 aromatic carbocycles. The lowest BCUT2D eigenvalue weighted by Crippen LogP contribution is -2.55. The molecular weight excluding hydrogens is 787 g/mol. The highest BCUT2D eigenvalue weighted by molar-refractivity contribution is 5.91. The van der Waals surface area contributed by atoms with Gasteiger partial charge in [0.15, 0.2) is 11.6 Å². The first-order valence-electron chi connectivity index (χ1n) is 23.1. The molecule has 62 heavy (non-hydrogen) atoms. The van der Waals surface area contributed by atoms with Gasteiger partial charge in [0, 0.05) is 29.3 Å². The number of esters is 3. The number of aryl methyl sites for hydroxylation is 1. The summed E-state index contributed by atoms with van der Waals surface area (Å²) < 4.78 is 46.7. The van der Waals surface area contributed by atoms with Crippen molar-refractivity contribution in [2.24, 2.45) is 45.8 Å². The van der Waals surface area contributed by atoms with Crippen LogP contribution in [0.1, 0.15) is 148 Å². The van der Waals surface area contributed by atoms with E-state index in [9.17, 15) is 14.4 Å². The van der Waals surface area contributed by atoms with Crippen molar-refractivity contribution >= 4 is 29.3 Å². The summed E-state index contributed by atoms with van der Waals surface area (Å²) >= 11 is 0. The molecule has 3 saturated carbocycles. The molecule has 0 aliphatic heterocycles. The fourth-order valence-electron chi connectivity index (χ4n) is 12.5. The molecule has 10 heteroatoms. The molecule has 4 aliphatic rings. The zero-order chi connectivity index (χ0) is 45.0. The molecule has 0 radical (unpaired) electrons. The number of carbonyl (C=O) groups is 3. The second-order valence-electron chi connectivity index (χ2n) is 20.1. The van der Waals surface area contributed by atoms with Crippen molar-refractivity contribution in [3.63, 3.8) is 0 Å². The monoisotopic (exact) mass is 857 g/mol. The molecule has 338 valence electrons. The number of halogens is 2. The lowest BCUT2D eigenvalue weighted by Gasteiger charge is -2.61. The Bertz CT molecular complexity index is 2050. The predicted octanol–water partition coefficient (Wildman–Crippen LogP) is 12.1. The summed E-state index contributed by atoms with van der Waals surface area (Å²) in [7, 11) is 0. The van der Waals surface area contributed by atoms with Gasteiger partial charge in [-0.3, -0.25) is 4.79 Å². The van der Waals surface area contributed by atoms with Crippen molar-refractivity contribution in [1.82, 2.24) is 0 Å². The standard InChI is InChI=1S/C52H70F2N2O6/c1-32(2)13-10-11-14-33(3)39-19-20-40-38-18-22-43-50(4,5)44(25-27-52(43,7)41(38)24-26-51(39,40)6)62-46(58)23-17-34-16-21-42(48(54)47(34)53)61-45(57)15-9-8-12-28-60-49(59)35-29-36(55)31-37(56)30-35/h9,13,15-16,21-22,29-31,33,38-41,44H,8,10-12,14,17-20,23-28,55-56H2,1-7H3/b15-9+. The minimum absolute atomic E-state index is 0.00157. The van der Waals surface area contributed by atoms with Gasteiger partial charge in [-0.1, -0.05) is 76.5 Å². The average molecular weight is 857 g/mol. The summed E-state index contributed by atoms with van der Waals surface area (Å²) in [6.07, 6.45) is 19.7. The molecule has 3 fully saturated rings. The third-order valence-electron chi connectivity index (χ3n) is 15.5. The largest absolute Gasteiger partial charge is 0.462 e. The van der Waals surface area contributed by atoms with E-state index in [4.69, 9.17) is 25.7 Å². The van der Waals surface area contributed by atoms with E-state index in [1.165, 1.54) is 92.5 Å². The number of nitrogen functional groups attached to an aromatic ring is 2. The fraction of sp³-hybridized carbons (Fsp3) is 0.596. The van der Waals surface area contributed by atoms with Crippen LogP contribution < -0.4 is 16.2 Å². The summed E-state index contributed by atoms with van der Waals surface area (Å²) in [6, 6.07) is 6.98. The SMILES string of the molecule is CC(C)=CCCCC(C)C1CCC2C3CC=C4C(C)(C)C(OC(=O)CCc5ccc(OC(=O)/C=C/CCCOC(=O)c6cc(N)cc(N)c6)c(F)c5F)CCC4(C)C3CCC12C. The summed E-state index contributed by atoms with van der Waals surface area (Å²) in [6.45, 7) is 16.5. The zero-order valence-electron chi connectivity index (χ0n) is 38.1. The van der Waals surface area contributed by atoms with Gasteiger partial charge in [-0.15, -0.1) is 0 Å². The molecule has 0 amide bonds. The van der Waals surface area contributed by atoms with E-state index >= 15 is 8.78 Å². The first-order chi connectivity index (χ1) is 29.3. The van der Waals surface area contributed by atoms with Gasteiger partial charge >= 0.3 is 17.9 Å². The number of unbranched alkanes of at least 4 members (excludes halogenated alkanes) is 2. The van der Waals surface area contributed by atoms with Crippen LogP contribution in [-0.4, -0.2) is 30.6 Å². The van der Waals surface area contributed by atoms with Gasteiger partial charge in [0.1, 0.15) is 6.10 Å². The predicted molar refractivity (Wildman–Crippen MR) is 241 cm³/mol. The van der Waals surface area contributed by atoms with E-state index in [0.29, 0.717) is 41.5 Å². The Hall–Kier alpha value is -4.47. The molecule has 4 N–H and O–H groups in total. The number of fused-ring (bicyclic) bond motifs is 5. The minimum atomic E-state index is -1.30. The Morgan fingerprint density at radius 3 is 2.37 bits per heavy atom. The van der Waals surface area contributed by atoms with Gasteiger partial charge in [0.2, 0.25) is 5.82 Å². The molecule has 0 spiro atoms. The average Bonchev–Trinajstić information content (AvgIpc) is 3.57. The molecule has 8 unspecified atom stereocenters. The number of carbonyl (C=O) groups excluding carboxylic acids is 3. The van der Waals surface area contributed by atoms with E-state index < -0.39 is 35.3 Å². The van der Waals surface area contributed by atoms with E-state index in [0.717, 1.165) is 43.1 Å². The van der Waals surface area contributed by atoms with Gasteiger partial charge in [-0.25, -0.2) is 14.0 Å².